The standard InChI is InChI=1S/C20H31N3O3/c1-13(2)9-20(6,10-16(24)25)18(26)23-8-7-15-14(12-23)11-21-17(22-15)19(3,4)5/h11,13H,7-10,12H2,1-6H3,(H,24,25). The zero-order chi connectivity index (χ0) is 19.7. The van der Waals surface area contributed by atoms with Crippen molar-refractivity contribution in [1.29, 1.82) is 0 Å². The molecular formula is C20H31N3O3. The van der Waals surface area contributed by atoms with E-state index in [9.17, 15) is 14.7 Å². The molecule has 0 radical (unpaired) electrons. The van der Waals surface area contributed by atoms with E-state index >= 15 is 0 Å². The van der Waals surface area contributed by atoms with Gasteiger partial charge in [-0.2, -0.15) is 0 Å². The molecule has 1 atom stereocenters. The second-order valence-corrected chi connectivity index (χ2v) is 9.12. The second-order valence-electron chi connectivity index (χ2n) is 9.12. The molecule has 0 spiro atoms. The number of carbonyl (C=O) groups is 2. The van der Waals surface area contributed by atoms with E-state index < -0.39 is 11.4 Å². The summed E-state index contributed by atoms with van der Waals surface area (Å²) in [5.74, 6) is 0.0424. The van der Waals surface area contributed by atoms with Crippen LogP contribution in [0.5, 0.6) is 0 Å². The number of fused-ring (bicyclic) bond motifs is 1. The summed E-state index contributed by atoms with van der Waals surface area (Å²) in [4.78, 5) is 35.4. The minimum atomic E-state index is -0.933. The van der Waals surface area contributed by atoms with Gasteiger partial charge in [-0.15, -0.1) is 0 Å². The van der Waals surface area contributed by atoms with Gasteiger partial charge in [0.05, 0.1) is 17.5 Å². The van der Waals surface area contributed by atoms with Crippen LogP contribution in [0.4, 0.5) is 0 Å². The third-order valence-corrected chi connectivity index (χ3v) is 4.81. The average Bonchev–Trinajstić information content (AvgIpc) is 2.50. The highest BCUT2D eigenvalue weighted by molar-refractivity contribution is 5.86. The predicted molar refractivity (Wildman–Crippen MR) is 99.7 cm³/mol. The molecule has 1 aliphatic rings. The Bertz CT molecular complexity index is 694. The molecule has 1 aliphatic heterocycles. The molecule has 2 rings (SSSR count). The van der Waals surface area contributed by atoms with Crippen molar-refractivity contribution in [2.75, 3.05) is 6.54 Å². The van der Waals surface area contributed by atoms with Gasteiger partial charge >= 0.3 is 5.97 Å². The predicted octanol–water partition coefficient (Wildman–Crippen LogP) is 3.19. The van der Waals surface area contributed by atoms with Gasteiger partial charge in [-0.3, -0.25) is 9.59 Å². The molecule has 144 valence electrons. The summed E-state index contributed by atoms with van der Waals surface area (Å²) in [6, 6.07) is 0. The van der Waals surface area contributed by atoms with Gasteiger partial charge in [-0.05, 0) is 12.3 Å². The molecule has 0 aromatic carbocycles. The van der Waals surface area contributed by atoms with Crippen molar-refractivity contribution >= 4 is 11.9 Å². The van der Waals surface area contributed by atoms with Crippen molar-refractivity contribution in [3.8, 4) is 0 Å². The lowest BCUT2D eigenvalue weighted by molar-refractivity contribution is -0.151. The smallest absolute Gasteiger partial charge is 0.304 e. The maximum absolute atomic E-state index is 13.1. The van der Waals surface area contributed by atoms with E-state index in [1.54, 1.807) is 11.8 Å². The molecule has 6 heteroatoms. The molecule has 1 unspecified atom stereocenters. The molecular weight excluding hydrogens is 330 g/mol. The summed E-state index contributed by atoms with van der Waals surface area (Å²) in [6.07, 6.45) is 2.91. The van der Waals surface area contributed by atoms with E-state index in [0.717, 1.165) is 17.1 Å². The van der Waals surface area contributed by atoms with Crippen LogP contribution in [0.3, 0.4) is 0 Å². The van der Waals surface area contributed by atoms with Crippen molar-refractivity contribution in [3.05, 3.63) is 23.3 Å². The highest BCUT2D eigenvalue weighted by Gasteiger charge is 2.40. The molecule has 1 aromatic heterocycles. The van der Waals surface area contributed by atoms with Crippen molar-refractivity contribution in [1.82, 2.24) is 14.9 Å². The SMILES string of the molecule is CC(C)CC(C)(CC(=O)O)C(=O)N1CCc2nc(C(C)(C)C)ncc2C1. The Hall–Kier alpha value is -1.98. The summed E-state index contributed by atoms with van der Waals surface area (Å²) < 4.78 is 0. The number of carboxylic acids is 1. The molecule has 0 saturated heterocycles. The van der Waals surface area contributed by atoms with Gasteiger partial charge in [0.2, 0.25) is 5.91 Å². The fraction of sp³-hybridized carbons (Fsp3) is 0.700. The third-order valence-electron chi connectivity index (χ3n) is 4.81. The topological polar surface area (TPSA) is 83.4 Å². The lowest BCUT2D eigenvalue weighted by Gasteiger charge is -2.37. The number of hydrogen-bond acceptors (Lipinski definition) is 4. The Morgan fingerprint density at radius 3 is 2.46 bits per heavy atom. The lowest BCUT2D eigenvalue weighted by Crippen LogP contribution is -2.46. The Kier molecular flexibility index (Phi) is 5.73. The van der Waals surface area contributed by atoms with Gasteiger partial charge in [0.25, 0.3) is 0 Å². The molecule has 1 aromatic rings. The van der Waals surface area contributed by atoms with E-state index in [1.807, 2.05) is 20.0 Å². The molecule has 2 heterocycles. The monoisotopic (exact) mass is 361 g/mol. The third kappa shape index (κ3) is 4.59. The fourth-order valence-corrected chi connectivity index (χ4v) is 3.70. The van der Waals surface area contributed by atoms with Crippen LogP contribution in [0.2, 0.25) is 0 Å². The number of rotatable bonds is 5. The number of amides is 1. The largest absolute Gasteiger partial charge is 0.481 e. The summed E-state index contributed by atoms with van der Waals surface area (Å²) in [5, 5.41) is 9.28. The maximum Gasteiger partial charge on any atom is 0.304 e. The first-order valence-electron chi connectivity index (χ1n) is 9.29. The summed E-state index contributed by atoms with van der Waals surface area (Å²) in [7, 11) is 0. The Morgan fingerprint density at radius 2 is 1.92 bits per heavy atom. The van der Waals surface area contributed by atoms with Crippen LogP contribution >= 0.6 is 0 Å². The van der Waals surface area contributed by atoms with Gasteiger partial charge in [0.15, 0.2) is 0 Å². The second kappa shape index (κ2) is 7.33. The Labute approximate surface area is 156 Å². The van der Waals surface area contributed by atoms with Crippen molar-refractivity contribution in [3.63, 3.8) is 0 Å². The van der Waals surface area contributed by atoms with Crippen LogP contribution in [0.15, 0.2) is 6.20 Å². The fourth-order valence-electron chi connectivity index (χ4n) is 3.70. The summed E-state index contributed by atoms with van der Waals surface area (Å²) >= 11 is 0. The van der Waals surface area contributed by atoms with E-state index in [4.69, 9.17) is 4.98 Å². The summed E-state index contributed by atoms with van der Waals surface area (Å²) in [6.45, 7) is 13.1. The van der Waals surface area contributed by atoms with Crippen LogP contribution in [-0.2, 0) is 28.0 Å². The normalized spacial score (nSPS) is 17.0. The van der Waals surface area contributed by atoms with E-state index in [2.05, 4.69) is 25.8 Å². The molecule has 0 saturated carbocycles. The maximum atomic E-state index is 13.1. The van der Waals surface area contributed by atoms with Crippen LogP contribution in [0, 0.1) is 11.3 Å². The number of hydrogen-bond donors (Lipinski definition) is 1. The first kappa shape index (κ1) is 20.3. The van der Waals surface area contributed by atoms with Gasteiger partial charge in [-0.25, -0.2) is 9.97 Å². The molecule has 1 amide bonds. The first-order valence-corrected chi connectivity index (χ1v) is 9.29. The molecule has 1 N–H and O–H groups in total. The van der Waals surface area contributed by atoms with Gasteiger partial charge < -0.3 is 10.0 Å². The van der Waals surface area contributed by atoms with Crippen LogP contribution in [-0.4, -0.2) is 38.4 Å². The molecule has 0 aliphatic carbocycles. The highest BCUT2D eigenvalue weighted by atomic mass is 16.4. The van der Waals surface area contributed by atoms with Crippen molar-refractivity contribution < 1.29 is 14.7 Å². The van der Waals surface area contributed by atoms with Crippen LogP contribution in [0.25, 0.3) is 0 Å². The van der Waals surface area contributed by atoms with Gasteiger partial charge in [0, 0.05) is 36.7 Å². The highest BCUT2D eigenvalue weighted by Crippen LogP contribution is 2.34. The quantitative estimate of drug-likeness (QED) is 0.871. The molecule has 0 fully saturated rings. The first-order chi connectivity index (χ1) is 11.9. The molecule has 26 heavy (non-hydrogen) atoms. The Morgan fingerprint density at radius 1 is 1.27 bits per heavy atom. The summed E-state index contributed by atoms with van der Waals surface area (Å²) in [5.41, 5.74) is 0.959. The van der Waals surface area contributed by atoms with Crippen LogP contribution < -0.4 is 0 Å². The van der Waals surface area contributed by atoms with E-state index in [0.29, 0.717) is 25.9 Å². The number of aliphatic carboxylic acids is 1. The minimum Gasteiger partial charge on any atom is -0.481 e. The zero-order valence-electron chi connectivity index (χ0n) is 16.8. The Balaban J connectivity index is 2.23. The van der Waals surface area contributed by atoms with E-state index in [-0.39, 0.29) is 23.7 Å². The number of nitrogens with zero attached hydrogens (tertiary/aromatic N) is 3. The zero-order valence-corrected chi connectivity index (χ0v) is 16.8. The van der Waals surface area contributed by atoms with Crippen molar-refractivity contribution in [2.45, 2.75) is 72.8 Å². The van der Waals surface area contributed by atoms with Crippen LogP contribution in [0.1, 0.15) is 71.5 Å². The molecule has 0 bridgehead atoms. The average molecular weight is 361 g/mol. The van der Waals surface area contributed by atoms with E-state index in [1.165, 1.54) is 0 Å². The number of carbonyl (C=O) groups excluding carboxylic acids is 1. The van der Waals surface area contributed by atoms with Gasteiger partial charge in [0.1, 0.15) is 5.82 Å². The number of aromatic nitrogens is 2. The molecule has 6 nitrogen and oxygen atoms in total. The number of carboxylic acid groups (broad SMARTS) is 1. The van der Waals surface area contributed by atoms with Crippen molar-refractivity contribution in [2.24, 2.45) is 11.3 Å². The lowest BCUT2D eigenvalue weighted by atomic mass is 9.77. The van der Waals surface area contributed by atoms with Gasteiger partial charge in [-0.1, -0.05) is 41.5 Å². The minimum absolute atomic E-state index is 0.0841.